The van der Waals surface area contributed by atoms with Crippen molar-refractivity contribution in [2.75, 3.05) is 18.1 Å². The standard InChI is InChI=1S/C27H34O5S2/c1-3-30-22(29)17-27(26-33-15-10-16-34-26)24(21-13-8-5-9-14-21)32-23(19(2)28)25(27)31-18-20-11-6-4-7-12-20/h4-9,11-14,19,23-26,28H,3,10,15-18H2,1-2H3/t19-,23-,24-,25-,27-/m1/s1. The van der Waals surface area contributed by atoms with Gasteiger partial charge in [0.25, 0.3) is 0 Å². The van der Waals surface area contributed by atoms with Crippen molar-refractivity contribution in [3.8, 4) is 0 Å². The zero-order chi connectivity index (χ0) is 24.0. The van der Waals surface area contributed by atoms with Gasteiger partial charge in [0.15, 0.2) is 0 Å². The Morgan fingerprint density at radius 3 is 2.38 bits per heavy atom. The topological polar surface area (TPSA) is 65.0 Å². The summed E-state index contributed by atoms with van der Waals surface area (Å²) in [5, 5.41) is 10.8. The zero-order valence-electron chi connectivity index (χ0n) is 19.8. The van der Waals surface area contributed by atoms with Gasteiger partial charge in [0, 0.05) is 0 Å². The molecule has 0 spiro atoms. The summed E-state index contributed by atoms with van der Waals surface area (Å²) in [7, 11) is 0. The van der Waals surface area contributed by atoms with Crippen LogP contribution in [0.25, 0.3) is 0 Å². The first-order chi connectivity index (χ1) is 16.6. The highest BCUT2D eigenvalue weighted by Gasteiger charge is 2.63. The lowest BCUT2D eigenvalue weighted by Gasteiger charge is -2.45. The molecular weight excluding hydrogens is 468 g/mol. The maximum Gasteiger partial charge on any atom is 0.306 e. The van der Waals surface area contributed by atoms with Gasteiger partial charge in [-0.25, -0.2) is 0 Å². The number of rotatable bonds is 9. The number of ether oxygens (including phenoxy) is 3. The molecule has 7 heteroatoms. The number of hydrogen-bond acceptors (Lipinski definition) is 7. The quantitative estimate of drug-likeness (QED) is 0.471. The van der Waals surface area contributed by atoms with Crippen molar-refractivity contribution in [1.29, 1.82) is 0 Å². The predicted molar refractivity (Wildman–Crippen MR) is 138 cm³/mol. The van der Waals surface area contributed by atoms with Gasteiger partial charge >= 0.3 is 5.97 Å². The van der Waals surface area contributed by atoms with E-state index in [4.69, 9.17) is 14.2 Å². The average molecular weight is 503 g/mol. The van der Waals surface area contributed by atoms with Crippen LogP contribution in [0.1, 0.15) is 43.9 Å². The molecule has 2 aromatic rings. The molecule has 4 rings (SSSR count). The molecule has 2 fully saturated rings. The molecule has 5 nitrogen and oxygen atoms in total. The van der Waals surface area contributed by atoms with Gasteiger partial charge in [0.2, 0.25) is 0 Å². The first kappa shape index (κ1) is 25.6. The molecule has 0 bridgehead atoms. The second-order valence-corrected chi connectivity index (χ2v) is 11.6. The molecule has 5 atom stereocenters. The van der Waals surface area contributed by atoms with Crippen molar-refractivity contribution in [2.45, 2.75) is 62.3 Å². The Labute approximate surface area is 210 Å². The van der Waals surface area contributed by atoms with Crippen molar-refractivity contribution < 1.29 is 24.1 Å². The first-order valence-corrected chi connectivity index (χ1v) is 14.1. The second-order valence-electron chi connectivity index (χ2n) is 8.87. The molecule has 2 aliphatic heterocycles. The van der Waals surface area contributed by atoms with Crippen LogP contribution in [0.3, 0.4) is 0 Å². The summed E-state index contributed by atoms with van der Waals surface area (Å²) in [6.07, 6.45) is -0.894. The monoisotopic (exact) mass is 502 g/mol. The van der Waals surface area contributed by atoms with E-state index >= 15 is 0 Å². The second kappa shape index (κ2) is 12.0. The van der Waals surface area contributed by atoms with E-state index in [1.165, 1.54) is 0 Å². The molecule has 0 radical (unpaired) electrons. The summed E-state index contributed by atoms with van der Waals surface area (Å²) in [6.45, 7) is 4.28. The van der Waals surface area contributed by atoms with Crippen molar-refractivity contribution >= 4 is 29.5 Å². The number of carbonyl (C=O) groups excluding carboxylic acids is 1. The fraction of sp³-hybridized carbons (Fsp3) is 0.519. The van der Waals surface area contributed by atoms with E-state index in [0.29, 0.717) is 13.2 Å². The van der Waals surface area contributed by atoms with Crippen molar-refractivity contribution in [3.05, 3.63) is 71.8 Å². The number of benzene rings is 2. The number of esters is 1. The molecule has 2 heterocycles. The zero-order valence-corrected chi connectivity index (χ0v) is 21.4. The van der Waals surface area contributed by atoms with Crippen molar-refractivity contribution in [1.82, 2.24) is 0 Å². The third kappa shape index (κ3) is 5.49. The van der Waals surface area contributed by atoms with E-state index in [1.54, 1.807) is 6.92 Å². The van der Waals surface area contributed by atoms with E-state index < -0.39 is 29.8 Å². The molecule has 2 saturated heterocycles. The lowest BCUT2D eigenvalue weighted by atomic mass is 9.73. The van der Waals surface area contributed by atoms with E-state index in [-0.39, 0.29) is 17.0 Å². The summed E-state index contributed by atoms with van der Waals surface area (Å²) in [4.78, 5) is 13.1. The summed E-state index contributed by atoms with van der Waals surface area (Å²) in [5.74, 6) is 1.79. The van der Waals surface area contributed by atoms with Crippen molar-refractivity contribution in [3.63, 3.8) is 0 Å². The minimum absolute atomic E-state index is 0.0698. The van der Waals surface area contributed by atoms with Crippen LogP contribution in [0.4, 0.5) is 0 Å². The SMILES string of the molecule is CCOC(=O)C[C@@]1(C2SCCCS2)[C@@H](c2ccccc2)O[C@H]([C@@H](C)O)[C@H]1OCc1ccccc1. The lowest BCUT2D eigenvalue weighted by Crippen LogP contribution is -2.50. The minimum Gasteiger partial charge on any atom is -0.466 e. The highest BCUT2D eigenvalue weighted by atomic mass is 32.2. The average Bonchev–Trinajstić information content (AvgIpc) is 3.19. The van der Waals surface area contributed by atoms with Crippen molar-refractivity contribution in [2.24, 2.45) is 5.41 Å². The molecule has 0 aromatic heterocycles. The summed E-state index contributed by atoms with van der Waals surface area (Å²) < 4.78 is 18.8. The van der Waals surface area contributed by atoms with Crippen LogP contribution < -0.4 is 0 Å². The lowest BCUT2D eigenvalue weighted by molar-refractivity contribution is -0.149. The van der Waals surface area contributed by atoms with Crippen LogP contribution in [-0.2, 0) is 25.6 Å². The Kier molecular flexibility index (Phi) is 8.99. The highest BCUT2D eigenvalue weighted by molar-refractivity contribution is 8.17. The van der Waals surface area contributed by atoms with Crippen LogP contribution in [0.15, 0.2) is 60.7 Å². The number of thioether (sulfide) groups is 2. The molecule has 2 aromatic carbocycles. The maximum atomic E-state index is 13.1. The van der Waals surface area contributed by atoms with Crippen LogP contribution in [-0.4, -0.2) is 52.1 Å². The Balaban J connectivity index is 1.80. The summed E-state index contributed by atoms with van der Waals surface area (Å²) >= 11 is 3.74. The Bertz CT molecular complexity index is 904. The van der Waals surface area contributed by atoms with Gasteiger partial charge in [0.1, 0.15) is 6.10 Å². The van der Waals surface area contributed by atoms with Gasteiger partial charge < -0.3 is 19.3 Å². The van der Waals surface area contributed by atoms with Gasteiger partial charge in [-0.3, -0.25) is 4.79 Å². The third-order valence-electron chi connectivity index (χ3n) is 6.48. The van der Waals surface area contributed by atoms with E-state index in [2.05, 4.69) is 0 Å². The summed E-state index contributed by atoms with van der Waals surface area (Å²) in [5.41, 5.74) is 1.35. The first-order valence-electron chi connectivity index (χ1n) is 12.0. The van der Waals surface area contributed by atoms with Crippen LogP contribution in [0, 0.1) is 5.41 Å². The van der Waals surface area contributed by atoms with Crippen LogP contribution >= 0.6 is 23.5 Å². The molecule has 0 saturated carbocycles. The highest BCUT2D eigenvalue weighted by Crippen LogP contribution is 2.61. The van der Waals surface area contributed by atoms with Gasteiger partial charge in [-0.1, -0.05) is 60.7 Å². The summed E-state index contributed by atoms with van der Waals surface area (Å²) in [6, 6.07) is 20.1. The molecule has 184 valence electrons. The third-order valence-corrected chi connectivity index (χ3v) is 9.83. The Morgan fingerprint density at radius 2 is 1.76 bits per heavy atom. The molecule has 34 heavy (non-hydrogen) atoms. The van der Waals surface area contributed by atoms with Gasteiger partial charge in [0.05, 0.1) is 47.9 Å². The largest absolute Gasteiger partial charge is 0.466 e. The maximum absolute atomic E-state index is 13.1. The fourth-order valence-electron chi connectivity index (χ4n) is 5.00. The van der Waals surface area contributed by atoms with Crippen LogP contribution in [0.5, 0.6) is 0 Å². The molecule has 0 unspecified atom stereocenters. The molecule has 2 aliphatic rings. The molecule has 0 amide bonds. The number of carbonyl (C=O) groups is 1. The van der Waals surface area contributed by atoms with Gasteiger partial charge in [-0.15, -0.1) is 23.5 Å². The molecule has 1 N–H and O–H groups in total. The number of aliphatic hydroxyl groups excluding tert-OH is 1. The predicted octanol–water partition coefficient (Wildman–Crippen LogP) is 5.23. The fourth-order valence-corrected chi connectivity index (χ4v) is 8.50. The van der Waals surface area contributed by atoms with E-state index in [9.17, 15) is 9.90 Å². The molecular formula is C27H34O5S2. The van der Waals surface area contributed by atoms with Gasteiger partial charge in [-0.2, -0.15) is 0 Å². The minimum atomic E-state index is -0.755. The molecule has 0 aliphatic carbocycles. The Morgan fingerprint density at radius 1 is 1.12 bits per heavy atom. The van der Waals surface area contributed by atoms with Gasteiger partial charge in [-0.05, 0) is 42.9 Å². The van der Waals surface area contributed by atoms with Crippen LogP contribution in [0.2, 0.25) is 0 Å². The van der Waals surface area contributed by atoms with E-state index in [1.807, 2.05) is 91.1 Å². The normalized spacial score (nSPS) is 28.5. The number of hydrogen-bond donors (Lipinski definition) is 1. The number of aliphatic hydroxyl groups is 1. The Hall–Kier alpha value is -1.51. The van der Waals surface area contributed by atoms with E-state index in [0.717, 1.165) is 29.1 Å². The smallest absolute Gasteiger partial charge is 0.306 e.